The third-order valence-corrected chi connectivity index (χ3v) is 1.14. The maximum absolute atomic E-state index is 10.4. The number of nitrogens with zero attached hydrogens (tertiary/aromatic N) is 1. The smallest absolute Gasteiger partial charge is 0.343 e. The van der Waals surface area contributed by atoms with Gasteiger partial charge < -0.3 is 16.2 Å². The van der Waals surface area contributed by atoms with Gasteiger partial charge in [-0.05, 0) is 0 Å². The second-order valence-electron chi connectivity index (χ2n) is 1.81. The van der Waals surface area contributed by atoms with E-state index in [1.165, 1.54) is 0 Å². The predicted octanol–water partition coefficient (Wildman–Crippen LogP) is -0.491. The molecule has 0 saturated carbocycles. The van der Waals surface area contributed by atoms with Crippen LogP contribution >= 0.6 is 0 Å². The zero-order valence-corrected chi connectivity index (χ0v) is 5.16. The number of urea groups is 1. The Morgan fingerprint density at radius 3 is 3.00 bits per heavy atom. The molecule has 0 saturated heterocycles. The molecule has 0 spiro atoms. The predicted molar refractivity (Wildman–Crippen MR) is 35.7 cm³/mol. The molecule has 0 aromatic heterocycles. The van der Waals surface area contributed by atoms with Gasteiger partial charge in [0.05, 0.1) is 12.8 Å². The highest BCUT2D eigenvalue weighted by molar-refractivity contribution is 6.05. The Morgan fingerprint density at radius 1 is 1.80 bits per heavy atom. The van der Waals surface area contributed by atoms with Gasteiger partial charge >= 0.3 is 6.03 Å². The van der Waals surface area contributed by atoms with Crippen LogP contribution in [0.3, 0.4) is 0 Å². The van der Waals surface area contributed by atoms with Crippen molar-refractivity contribution in [3.05, 3.63) is 11.8 Å². The zero-order valence-electron chi connectivity index (χ0n) is 5.16. The van der Waals surface area contributed by atoms with E-state index in [1.807, 2.05) is 0 Å². The van der Waals surface area contributed by atoms with Crippen LogP contribution < -0.4 is 11.1 Å². The molecular weight excluding hydrogens is 134 g/mol. The van der Waals surface area contributed by atoms with Gasteiger partial charge in [-0.1, -0.05) is 0 Å². The van der Waals surface area contributed by atoms with Crippen LogP contribution in [0, 0.1) is 0 Å². The van der Waals surface area contributed by atoms with E-state index in [-0.39, 0.29) is 12.4 Å². The number of hydrogen-bond acceptors (Lipinski definition) is 3. The lowest BCUT2D eigenvalue weighted by Crippen LogP contribution is -2.35. The van der Waals surface area contributed by atoms with Crippen LogP contribution in [0.15, 0.2) is 16.8 Å². The van der Waals surface area contributed by atoms with Crippen molar-refractivity contribution in [1.29, 1.82) is 0 Å². The number of nitrogens with one attached hydrogen (secondary N) is 1. The average Bonchev–Trinajstić information content (AvgIpc) is 1.88. The number of rotatable bonds is 0. The van der Waals surface area contributed by atoms with Gasteiger partial charge in [-0.15, -0.1) is 0 Å². The zero-order chi connectivity index (χ0) is 7.56. The molecule has 1 aliphatic rings. The summed E-state index contributed by atoms with van der Waals surface area (Å²) in [7, 11) is 0. The van der Waals surface area contributed by atoms with Gasteiger partial charge in [0.15, 0.2) is 0 Å². The number of amides is 2. The number of hydrogen-bond donors (Lipinski definition) is 3. The molecule has 54 valence electrons. The SMILES string of the molecule is NC1=NC(=O)NCC1=CO. The summed E-state index contributed by atoms with van der Waals surface area (Å²) in [6, 6.07) is -0.469. The molecule has 5 heteroatoms. The van der Waals surface area contributed by atoms with Crippen molar-refractivity contribution < 1.29 is 9.90 Å². The topological polar surface area (TPSA) is 87.7 Å². The fourth-order valence-corrected chi connectivity index (χ4v) is 0.594. The number of amidine groups is 1. The Bertz CT molecular complexity index is 219. The van der Waals surface area contributed by atoms with E-state index in [9.17, 15) is 4.79 Å². The van der Waals surface area contributed by atoms with Gasteiger partial charge in [0, 0.05) is 5.57 Å². The molecular formula is C5H7N3O2. The maximum atomic E-state index is 10.4. The molecule has 5 nitrogen and oxygen atoms in total. The molecule has 0 aromatic rings. The second kappa shape index (κ2) is 2.38. The van der Waals surface area contributed by atoms with Gasteiger partial charge in [0.2, 0.25) is 0 Å². The quantitative estimate of drug-likeness (QED) is 0.398. The highest BCUT2D eigenvalue weighted by atomic mass is 16.2. The molecule has 0 atom stereocenters. The first kappa shape index (κ1) is 6.60. The van der Waals surface area contributed by atoms with Crippen molar-refractivity contribution in [1.82, 2.24) is 5.32 Å². The number of aliphatic imine (C=N–C) groups is 1. The minimum Gasteiger partial charge on any atom is -0.515 e. The third-order valence-electron chi connectivity index (χ3n) is 1.14. The lowest BCUT2D eigenvalue weighted by Gasteiger charge is -2.10. The summed E-state index contributed by atoms with van der Waals surface area (Å²) in [6.45, 7) is 0.241. The molecule has 1 rings (SSSR count). The molecule has 1 aliphatic heterocycles. The van der Waals surface area contributed by atoms with Gasteiger partial charge in [0.1, 0.15) is 5.84 Å². The molecule has 0 radical (unpaired) electrons. The van der Waals surface area contributed by atoms with E-state index in [2.05, 4.69) is 10.3 Å². The monoisotopic (exact) mass is 141 g/mol. The van der Waals surface area contributed by atoms with Crippen LogP contribution in [0.2, 0.25) is 0 Å². The number of aliphatic hydroxyl groups excluding tert-OH is 1. The Hall–Kier alpha value is -1.52. The van der Waals surface area contributed by atoms with E-state index >= 15 is 0 Å². The Kier molecular flexibility index (Phi) is 1.57. The van der Waals surface area contributed by atoms with Crippen LogP contribution in [-0.4, -0.2) is 23.5 Å². The maximum Gasteiger partial charge on any atom is 0.343 e. The molecule has 10 heavy (non-hydrogen) atoms. The van der Waals surface area contributed by atoms with E-state index in [0.29, 0.717) is 5.57 Å². The lowest BCUT2D eigenvalue weighted by molar-refractivity contribution is 0.249. The minimum atomic E-state index is -0.469. The van der Waals surface area contributed by atoms with Gasteiger partial charge in [0.25, 0.3) is 0 Å². The molecule has 1 heterocycles. The Balaban J connectivity index is 2.87. The first-order chi connectivity index (χ1) is 4.74. The molecule has 0 bridgehead atoms. The molecule has 2 amide bonds. The van der Waals surface area contributed by atoms with Crippen molar-refractivity contribution >= 4 is 11.9 Å². The van der Waals surface area contributed by atoms with Crippen LogP contribution in [0.25, 0.3) is 0 Å². The highest BCUT2D eigenvalue weighted by Gasteiger charge is 2.12. The number of aliphatic hydroxyl groups is 1. The minimum absolute atomic E-state index is 0.0752. The van der Waals surface area contributed by atoms with Crippen LogP contribution in [0.1, 0.15) is 0 Å². The summed E-state index contributed by atoms with van der Waals surface area (Å²) in [5, 5.41) is 10.9. The lowest BCUT2D eigenvalue weighted by atomic mass is 10.2. The van der Waals surface area contributed by atoms with E-state index in [4.69, 9.17) is 10.8 Å². The summed E-state index contributed by atoms with van der Waals surface area (Å²) in [4.78, 5) is 13.8. The molecule has 0 unspecified atom stereocenters. The fourth-order valence-electron chi connectivity index (χ4n) is 0.594. The van der Waals surface area contributed by atoms with E-state index in [0.717, 1.165) is 6.26 Å². The first-order valence-corrected chi connectivity index (χ1v) is 2.69. The summed E-state index contributed by atoms with van der Waals surface area (Å²) >= 11 is 0. The molecule has 0 aliphatic carbocycles. The van der Waals surface area contributed by atoms with Gasteiger partial charge in [-0.25, -0.2) is 4.79 Å². The number of carbonyl (C=O) groups excluding carboxylic acids is 1. The normalized spacial score (nSPS) is 22.2. The van der Waals surface area contributed by atoms with Gasteiger partial charge in [-0.3, -0.25) is 0 Å². The standard InChI is InChI=1S/C5H7N3O2/c6-4-3(2-9)1-7-5(10)8-4/h2,9H,1H2,(H3,6,7,8,10). The van der Waals surface area contributed by atoms with Crippen LogP contribution in [0.5, 0.6) is 0 Å². The van der Waals surface area contributed by atoms with E-state index in [1.54, 1.807) is 0 Å². The Morgan fingerprint density at radius 2 is 2.50 bits per heavy atom. The largest absolute Gasteiger partial charge is 0.515 e. The summed E-state index contributed by atoms with van der Waals surface area (Å²) in [5.41, 5.74) is 5.67. The number of nitrogens with two attached hydrogens (primary N) is 1. The molecule has 4 N–H and O–H groups in total. The summed E-state index contributed by atoms with van der Waals surface area (Å²) in [5.74, 6) is 0.0752. The van der Waals surface area contributed by atoms with Crippen molar-refractivity contribution in [2.75, 3.05) is 6.54 Å². The Labute approximate surface area is 57.2 Å². The van der Waals surface area contributed by atoms with Crippen molar-refractivity contribution in [2.24, 2.45) is 10.7 Å². The van der Waals surface area contributed by atoms with Crippen molar-refractivity contribution in [3.63, 3.8) is 0 Å². The average molecular weight is 141 g/mol. The summed E-state index contributed by atoms with van der Waals surface area (Å²) < 4.78 is 0. The summed E-state index contributed by atoms with van der Waals surface area (Å²) in [6.07, 6.45) is 0.832. The third kappa shape index (κ3) is 1.07. The molecule has 0 fully saturated rings. The van der Waals surface area contributed by atoms with Crippen molar-refractivity contribution in [2.45, 2.75) is 0 Å². The molecule has 0 aromatic carbocycles. The first-order valence-electron chi connectivity index (χ1n) is 2.69. The van der Waals surface area contributed by atoms with Crippen LogP contribution in [0.4, 0.5) is 4.79 Å². The van der Waals surface area contributed by atoms with Gasteiger partial charge in [-0.2, -0.15) is 4.99 Å². The number of carbonyl (C=O) groups is 1. The van der Waals surface area contributed by atoms with Crippen molar-refractivity contribution in [3.8, 4) is 0 Å². The highest BCUT2D eigenvalue weighted by Crippen LogP contribution is 1.97. The van der Waals surface area contributed by atoms with E-state index < -0.39 is 6.03 Å². The fraction of sp³-hybridized carbons (Fsp3) is 0.200. The second-order valence-corrected chi connectivity index (χ2v) is 1.81. The van der Waals surface area contributed by atoms with Crippen LogP contribution in [-0.2, 0) is 0 Å².